The zero-order valence-electron chi connectivity index (χ0n) is 38.5. The van der Waals surface area contributed by atoms with Crippen molar-refractivity contribution in [1.82, 2.24) is 31.2 Å². The predicted octanol–water partition coefficient (Wildman–Crippen LogP) is 7.04. The highest BCUT2D eigenvalue weighted by Crippen LogP contribution is 2.38. The molecule has 14 heteroatoms. The van der Waals surface area contributed by atoms with Crippen LogP contribution in [-0.2, 0) is 30.3 Å². The molecular weight excluding hydrogens is 765 g/mol. The molecule has 2 saturated heterocycles. The molecule has 0 spiro atoms. The summed E-state index contributed by atoms with van der Waals surface area (Å²) in [6.45, 7) is 23.5. The lowest BCUT2D eigenvalue weighted by molar-refractivity contribution is -0.256. The number of unbranched alkanes of at least 4 members (excludes halogenated alkanes) is 1. The maximum absolute atomic E-state index is 14.5. The number of amides is 5. The Balaban J connectivity index is 1.70. The van der Waals surface area contributed by atoms with E-state index in [4.69, 9.17) is 9.47 Å². The Morgan fingerprint density at radius 1 is 0.900 bits per heavy atom. The van der Waals surface area contributed by atoms with Crippen LogP contribution in [0.4, 0.5) is 9.59 Å². The number of hydroxylamine groups is 2. The molecule has 0 aliphatic carbocycles. The van der Waals surface area contributed by atoms with Crippen LogP contribution in [-0.4, -0.2) is 105 Å². The zero-order valence-corrected chi connectivity index (χ0v) is 38.5. The number of likely N-dealkylation sites (tertiary alicyclic amines) is 1. The molecule has 0 radical (unpaired) electrons. The topological polar surface area (TPSA) is 179 Å². The molecule has 2 heterocycles. The van der Waals surface area contributed by atoms with Crippen LogP contribution in [0.3, 0.4) is 0 Å². The highest BCUT2D eigenvalue weighted by Gasteiger charge is 2.46. The van der Waals surface area contributed by atoms with Crippen LogP contribution in [0.15, 0.2) is 42.5 Å². The highest BCUT2D eigenvalue weighted by atomic mass is 16.6. The number of benzene rings is 1. The molecule has 2 aliphatic rings. The van der Waals surface area contributed by atoms with Gasteiger partial charge in [-0.05, 0) is 126 Å². The second-order valence-electron chi connectivity index (χ2n) is 20.3. The van der Waals surface area contributed by atoms with Crippen molar-refractivity contribution in [3.8, 4) is 0 Å². The Morgan fingerprint density at radius 2 is 1.53 bits per heavy atom. The molecule has 5 N–H and O–H groups in total. The second-order valence-corrected chi connectivity index (χ2v) is 20.3. The Bertz CT molecular complexity index is 1600. The van der Waals surface area contributed by atoms with Crippen molar-refractivity contribution >= 4 is 29.9 Å². The van der Waals surface area contributed by atoms with Gasteiger partial charge < -0.3 is 40.8 Å². The van der Waals surface area contributed by atoms with Gasteiger partial charge in [0, 0.05) is 42.5 Å². The number of hydrogen-bond donors (Lipinski definition) is 5. The fraction of sp³-hybridized carbons (Fsp3) is 0.717. The molecule has 338 valence electrons. The van der Waals surface area contributed by atoms with Crippen LogP contribution in [0.2, 0.25) is 0 Å². The number of rotatable bonds is 17. The van der Waals surface area contributed by atoms with E-state index in [0.717, 1.165) is 5.56 Å². The number of carbonyl (C=O) groups is 5. The number of piperidine rings is 1. The minimum absolute atomic E-state index is 0.198. The van der Waals surface area contributed by atoms with Gasteiger partial charge in [-0.25, -0.2) is 9.59 Å². The van der Waals surface area contributed by atoms with Crippen molar-refractivity contribution in [3.05, 3.63) is 48.0 Å². The Labute approximate surface area is 359 Å². The number of carbonyl (C=O) groups excluding carboxylic acids is 5. The summed E-state index contributed by atoms with van der Waals surface area (Å²) in [7, 11) is 0. The fourth-order valence-corrected chi connectivity index (χ4v) is 8.15. The standard InChI is InChI=1S/C46H76N6O8/c1-31(2)27-34(48-42(57)60-44(6,7)8)24-23-33(28-32-19-14-13-15-20-32)40(55)51-26-18-22-37(51)39(54)49-36(38(53)50-43(3,4)5)21-16-17-25-47-41(56)59-35-29-45(9,10)52(58)46(11,12)30-35/h13-15,19-20,23-24,31,33-37,58H,16-18,21-22,25-30H2,1-12H3,(H,47,56)(H,48,57)(H,49,54)(H,50,53)/b24-23+/t33-,34-,36+,37+/m1/s1. The quantitative estimate of drug-likeness (QED) is 0.0813. The first-order valence-corrected chi connectivity index (χ1v) is 21.8. The van der Waals surface area contributed by atoms with E-state index in [-0.39, 0.29) is 35.8 Å². The van der Waals surface area contributed by atoms with Gasteiger partial charge in [0.15, 0.2) is 0 Å². The lowest BCUT2D eigenvalue weighted by Gasteiger charge is -2.50. The van der Waals surface area contributed by atoms with E-state index in [0.29, 0.717) is 70.9 Å². The van der Waals surface area contributed by atoms with E-state index in [1.165, 1.54) is 5.06 Å². The van der Waals surface area contributed by atoms with Crippen LogP contribution >= 0.6 is 0 Å². The van der Waals surface area contributed by atoms with Crippen LogP contribution in [0.1, 0.15) is 140 Å². The van der Waals surface area contributed by atoms with Gasteiger partial charge in [-0.2, -0.15) is 5.06 Å². The maximum Gasteiger partial charge on any atom is 0.408 e. The molecule has 0 bridgehead atoms. The van der Waals surface area contributed by atoms with Gasteiger partial charge in [-0.15, -0.1) is 0 Å². The third-order valence-electron chi connectivity index (χ3n) is 10.7. The molecule has 4 atom stereocenters. The summed E-state index contributed by atoms with van der Waals surface area (Å²) < 4.78 is 11.2. The molecule has 14 nitrogen and oxygen atoms in total. The molecule has 60 heavy (non-hydrogen) atoms. The third-order valence-corrected chi connectivity index (χ3v) is 10.7. The summed E-state index contributed by atoms with van der Waals surface area (Å²) in [5.74, 6) is -1.27. The molecule has 2 aliphatic heterocycles. The van der Waals surface area contributed by atoms with Crippen LogP contribution in [0.5, 0.6) is 0 Å². The first-order valence-electron chi connectivity index (χ1n) is 21.8. The second kappa shape index (κ2) is 21.6. The first kappa shape index (κ1) is 50.2. The highest BCUT2D eigenvalue weighted by molar-refractivity contribution is 5.93. The number of ether oxygens (including phenoxy) is 2. The van der Waals surface area contributed by atoms with Crippen molar-refractivity contribution in [3.63, 3.8) is 0 Å². The normalized spacial score (nSPS) is 20.0. The fourth-order valence-electron chi connectivity index (χ4n) is 8.15. The van der Waals surface area contributed by atoms with Gasteiger partial charge in [0.2, 0.25) is 17.7 Å². The van der Waals surface area contributed by atoms with Gasteiger partial charge in [-0.3, -0.25) is 14.4 Å². The van der Waals surface area contributed by atoms with Crippen molar-refractivity contribution in [2.45, 2.75) is 187 Å². The Morgan fingerprint density at radius 3 is 2.12 bits per heavy atom. The minimum Gasteiger partial charge on any atom is -0.446 e. The van der Waals surface area contributed by atoms with Crippen LogP contribution in [0, 0.1) is 11.8 Å². The average Bonchev–Trinajstić information content (AvgIpc) is 3.60. The van der Waals surface area contributed by atoms with Crippen LogP contribution < -0.4 is 21.3 Å². The number of alkyl carbamates (subject to hydrolysis) is 2. The van der Waals surface area contributed by atoms with E-state index >= 15 is 0 Å². The summed E-state index contributed by atoms with van der Waals surface area (Å²) in [4.78, 5) is 69.2. The minimum atomic E-state index is -0.856. The van der Waals surface area contributed by atoms with Gasteiger partial charge >= 0.3 is 12.2 Å². The van der Waals surface area contributed by atoms with Gasteiger partial charge in [0.1, 0.15) is 23.8 Å². The molecular formula is C46H76N6O8. The van der Waals surface area contributed by atoms with Gasteiger partial charge in [-0.1, -0.05) is 56.3 Å². The van der Waals surface area contributed by atoms with E-state index in [1.54, 1.807) is 25.7 Å². The monoisotopic (exact) mass is 841 g/mol. The van der Waals surface area contributed by atoms with Crippen LogP contribution in [0.25, 0.3) is 0 Å². The molecule has 1 aromatic carbocycles. The molecule has 1 aromatic rings. The summed E-state index contributed by atoms with van der Waals surface area (Å²) in [5, 5.41) is 23.6. The Kier molecular flexibility index (Phi) is 18.0. The predicted molar refractivity (Wildman–Crippen MR) is 233 cm³/mol. The van der Waals surface area contributed by atoms with E-state index in [2.05, 4.69) is 35.1 Å². The molecule has 5 amide bonds. The maximum atomic E-state index is 14.5. The molecule has 3 rings (SSSR count). The molecule has 0 aromatic heterocycles. The van der Waals surface area contributed by atoms with Crippen molar-refractivity contribution < 1.29 is 38.7 Å². The Hall–Kier alpha value is -4.17. The largest absolute Gasteiger partial charge is 0.446 e. The number of nitrogens with zero attached hydrogens (tertiary/aromatic N) is 2. The third kappa shape index (κ3) is 16.7. The number of nitrogens with one attached hydrogen (secondary N) is 4. The first-order chi connectivity index (χ1) is 27.8. The lowest BCUT2D eigenvalue weighted by Crippen LogP contribution is -2.60. The summed E-state index contributed by atoms with van der Waals surface area (Å²) >= 11 is 0. The summed E-state index contributed by atoms with van der Waals surface area (Å²) in [6.07, 6.45) is 6.79. The van der Waals surface area contributed by atoms with Crippen molar-refractivity contribution in [2.75, 3.05) is 13.1 Å². The smallest absolute Gasteiger partial charge is 0.408 e. The van der Waals surface area contributed by atoms with E-state index < -0.39 is 52.4 Å². The summed E-state index contributed by atoms with van der Waals surface area (Å²) in [6, 6.07) is 7.70. The molecule has 0 saturated carbocycles. The SMILES string of the molecule is CC(C)C[C@@H](/C=C/[C@H](Cc1ccccc1)C(=O)N1CCC[C@H]1C(=O)N[C@@H](CCCCNC(=O)OC1CC(C)(C)N(O)C(C)(C)C1)C(=O)NC(C)(C)C)NC(=O)OC(C)(C)C. The lowest BCUT2D eigenvalue weighted by atomic mass is 9.80. The zero-order chi connectivity index (χ0) is 45.1. The van der Waals surface area contributed by atoms with Gasteiger partial charge in [0.25, 0.3) is 0 Å². The average molecular weight is 841 g/mol. The molecule has 2 fully saturated rings. The number of hydrogen-bond acceptors (Lipinski definition) is 9. The van der Waals surface area contributed by atoms with Crippen molar-refractivity contribution in [2.24, 2.45) is 11.8 Å². The van der Waals surface area contributed by atoms with E-state index in [9.17, 15) is 29.2 Å². The summed E-state index contributed by atoms with van der Waals surface area (Å²) in [5.41, 5.74) is -1.35. The van der Waals surface area contributed by atoms with E-state index in [1.807, 2.05) is 91.0 Å². The molecule has 0 unspecified atom stereocenters. The van der Waals surface area contributed by atoms with Crippen molar-refractivity contribution in [1.29, 1.82) is 0 Å². The van der Waals surface area contributed by atoms with Gasteiger partial charge in [0.05, 0.1) is 12.0 Å².